The highest BCUT2D eigenvalue weighted by Gasteiger charge is 2.39. The van der Waals surface area contributed by atoms with E-state index in [1.54, 1.807) is 10.9 Å². The van der Waals surface area contributed by atoms with Gasteiger partial charge in [0.1, 0.15) is 17.5 Å². The van der Waals surface area contributed by atoms with Crippen molar-refractivity contribution in [3.63, 3.8) is 0 Å². The molecule has 9 rings (SSSR count). The number of carbonyl (C=O) groups excluding carboxylic acids is 2. The SMILES string of the molecule is CC1(C)c2ccc(C3CCN(Cc4nnn(C5CCN(c6cc(F)c(C7CCC(=O)NC7=O)c(F)c6)CC5)n4)CC3)cc2-n2c1nc(=O)c1c(Cl)cccc12. The summed E-state index contributed by atoms with van der Waals surface area (Å²) >= 11 is 6.48. The first-order valence-electron chi connectivity index (χ1n) is 18.9. The van der Waals surface area contributed by atoms with Crippen molar-refractivity contribution < 1.29 is 18.4 Å². The minimum atomic E-state index is -1.03. The smallest absolute Gasteiger partial charge is 0.282 e. The number of amides is 2. The molecule has 3 saturated heterocycles. The third-order valence-electron chi connectivity index (χ3n) is 12.1. The summed E-state index contributed by atoms with van der Waals surface area (Å²) in [5, 5.41) is 16.5. The number of nitrogens with zero attached hydrogens (tertiary/aromatic N) is 8. The molecule has 1 N–H and O–H groups in total. The van der Waals surface area contributed by atoms with Crippen molar-refractivity contribution in [2.24, 2.45) is 0 Å². The number of anilines is 1. The molecule has 55 heavy (non-hydrogen) atoms. The molecule has 4 aliphatic rings. The van der Waals surface area contributed by atoms with Crippen molar-refractivity contribution >= 4 is 40.0 Å². The van der Waals surface area contributed by atoms with Crippen molar-refractivity contribution in [2.45, 2.75) is 82.2 Å². The average Bonchev–Trinajstić information content (AvgIpc) is 3.72. The van der Waals surface area contributed by atoms with Gasteiger partial charge in [-0.3, -0.25) is 29.2 Å². The molecule has 0 saturated carbocycles. The van der Waals surface area contributed by atoms with Crippen LogP contribution in [0.15, 0.2) is 53.3 Å². The Bertz CT molecular complexity index is 2410. The van der Waals surface area contributed by atoms with E-state index in [-0.39, 0.29) is 30.0 Å². The van der Waals surface area contributed by atoms with E-state index >= 15 is 8.78 Å². The maximum Gasteiger partial charge on any atom is 0.282 e. The van der Waals surface area contributed by atoms with Crippen molar-refractivity contribution in [2.75, 3.05) is 31.1 Å². The molecule has 2 amide bonds. The molecule has 3 fully saturated rings. The average molecular weight is 768 g/mol. The van der Waals surface area contributed by atoms with Gasteiger partial charge in [0.15, 0.2) is 5.82 Å². The molecule has 6 heterocycles. The Morgan fingerprint density at radius 1 is 0.927 bits per heavy atom. The lowest BCUT2D eigenvalue weighted by Crippen LogP contribution is -2.40. The maximum absolute atomic E-state index is 15.2. The largest absolute Gasteiger partial charge is 0.371 e. The van der Waals surface area contributed by atoms with Crippen LogP contribution in [-0.4, -0.2) is 72.7 Å². The van der Waals surface area contributed by atoms with Crippen LogP contribution in [0.25, 0.3) is 16.6 Å². The van der Waals surface area contributed by atoms with Gasteiger partial charge in [-0.25, -0.2) is 8.78 Å². The van der Waals surface area contributed by atoms with Crippen LogP contribution < -0.4 is 15.8 Å². The summed E-state index contributed by atoms with van der Waals surface area (Å²) in [4.78, 5) is 47.3. The fourth-order valence-corrected chi connectivity index (χ4v) is 9.29. The minimum Gasteiger partial charge on any atom is -0.371 e. The third kappa shape index (κ3) is 6.19. The van der Waals surface area contributed by atoms with Crippen LogP contribution in [0, 0.1) is 11.6 Å². The molecule has 284 valence electrons. The zero-order chi connectivity index (χ0) is 38.2. The van der Waals surface area contributed by atoms with Gasteiger partial charge in [-0.05, 0) is 112 Å². The zero-order valence-corrected chi connectivity index (χ0v) is 31.3. The van der Waals surface area contributed by atoms with Crippen molar-refractivity contribution in [1.82, 2.24) is 40.0 Å². The first kappa shape index (κ1) is 35.6. The van der Waals surface area contributed by atoms with Gasteiger partial charge in [0.05, 0.1) is 45.5 Å². The highest BCUT2D eigenvalue weighted by molar-refractivity contribution is 6.35. The Morgan fingerprint density at radius 2 is 1.67 bits per heavy atom. The third-order valence-corrected chi connectivity index (χ3v) is 12.4. The lowest BCUT2D eigenvalue weighted by molar-refractivity contribution is -0.134. The van der Waals surface area contributed by atoms with Crippen LogP contribution in [0.4, 0.5) is 14.5 Å². The number of carbonyl (C=O) groups is 2. The number of rotatable bonds is 6. The summed E-state index contributed by atoms with van der Waals surface area (Å²) in [5.41, 5.74) is 3.62. The van der Waals surface area contributed by atoms with E-state index in [9.17, 15) is 14.4 Å². The van der Waals surface area contributed by atoms with Crippen LogP contribution in [-0.2, 0) is 21.5 Å². The molecule has 3 aromatic carbocycles. The highest BCUT2D eigenvalue weighted by Crippen LogP contribution is 2.45. The number of fused-ring (bicyclic) bond motifs is 5. The number of hydrogen-bond donors (Lipinski definition) is 1. The van der Waals surface area contributed by atoms with E-state index in [0.717, 1.165) is 48.5 Å². The molecule has 1 unspecified atom stereocenters. The summed E-state index contributed by atoms with van der Waals surface area (Å²) in [6.45, 7) is 7.69. The molecular formula is C40H40ClF2N9O3. The minimum absolute atomic E-state index is 0.0111. The Labute approximate surface area is 320 Å². The molecule has 5 aromatic rings. The fourth-order valence-electron chi connectivity index (χ4n) is 9.04. The van der Waals surface area contributed by atoms with E-state index in [0.29, 0.717) is 60.3 Å². The van der Waals surface area contributed by atoms with Gasteiger partial charge in [-0.1, -0.05) is 29.8 Å². The van der Waals surface area contributed by atoms with Crippen molar-refractivity contribution in [1.29, 1.82) is 0 Å². The summed E-state index contributed by atoms with van der Waals surface area (Å²) in [6.07, 6.45) is 3.44. The first-order valence-corrected chi connectivity index (χ1v) is 19.3. The number of tetrazole rings is 1. The Hall–Kier alpha value is -5.08. The van der Waals surface area contributed by atoms with E-state index in [1.807, 2.05) is 17.0 Å². The Morgan fingerprint density at radius 3 is 2.40 bits per heavy atom. The molecule has 1 atom stereocenters. The highest BCUT2D eigenvalue weighted by atomic mass is 35.5. The monoisotopic (exact) mass is 767 g/mol. The van der Waals surface area contributed by atoms with Crippen LogP contribution >= 0.6 is 11.6 Å². The maximum atomic E-state index is 15.2. The molecule has 0 aliphatic carbocycles. The Kier molecular flexibility index (Phi) is 8.80. The summed E-state index contributed by atoms with van der Waals surface area (Å²) in [6, 6.07) is 14.8. The second-order valence-electron chi connectivity index (χ2n) is 15.7. The lowest BCUT2D eigenvalue weighted by atomic mass is 9.83. The molecule has 12 nitrogen and oxygen atoms in total. The number of aromatic nitrogens is 6. The molecule has 0 radical (unpaired) electrons. The summed E-state index contributed by atoms with van der Waals surface area (Å²) < 4.78 is 32.5. The zero-order valence-electron chi connectivity index (χ0n) is 30.6. The van der Waals surface area contributed by atoms with Gasteiger partial charge >= 0.3 is 0 Å². The topological polar surface area (TPSA) is 131 Å². The second kappa shape index (κ2) is 13.6. The van der Waals surface area contributed by atoms with E-state index in [4.69, 9.17) is 16.7 Å². The van der Waals surface area contributed by atoms with Crippen molar-refractivity contribution in [3.05, 3.63) is 104 Å². The van der Waals surface area contributed by atoms with Crippen molar-refractivity contribution in [3.8, 4) is 5.69 Å². The van der Waals surface area contributed by atoms with Gasteiger partial charge in [0.25, 0.3) is 5.56 Å². The van der Waals surface area contributed by atoms with Gasteiger partial charge in [-0.2, -0.15) is 9.78 Å². The summed E-state index contributed by atoms with van der Waals surface area (Å²) in [7, 11) is 0. The lowest BCUT2D eigenvalue weighted by Gasteiger charge is -2.33. The summed E-state index contributed by atoms with van der Waals surface area (Å²) in [5.74, 6) is -1.92. The normalized spacial score (nSPS) is 20.5. The molecule has 2 aromatic heterocycles. The van der Waals surface area contributed by atoms with Gasteiger partial charge in [-0.15, -0.1) is 10.2 Å². The number of imide groups is 1. The van der Waals surface area contributed by atoms with E-state index in [1.165, 1.54) is 17.7 Å². The van der Waals surface area contributed by atoms with Gasteiger partial charge < -0.3 is 4.90 Å². The molecule has 15 heteroatoms. The predicted octanol–water partition coefficient (Wildman–Crippen LogP) is 5.68. The first-order chi connectivity index (χ1) is 26.5. The molecule has 4 aliphatic heterocycles. The number of likely N-dealkylation sites (tertiary alicyclic amines) is 1. The van der Waals surface area contributed by atoms with Crippen LogP contribution in [0.2, 0.25) is 5.02 Å². The van der Waals surface area contributed by atoms with Gasteiger partial charge in [0.2, 0.25) is 11.8 Å². The van der Waals surface area contributed by atoms with Crippen LogP contribution in [0.3, 0.4) is 0 Å². The number of nitrogens with one attached hydrogen (secondary N) is 1. The fraction of sp³-hybridized carbons (Fsp3) is 0.425. The quantitative estimate of drug-likeness (QED) is 0.217. The number of piperidine rings is 3. The van der Waals surface area contributed by atoms with E-state index in [2.05, 4.69) is 62.1 Å². The second-order valence-corrected chi connectivity index (χ2v) is 16.1. The Balaban J connectivity index is 0.820. The number of hydrogen-bond acceptors (Lipinski definition) is 9. The molecule has 0 bridgehead atoms. The number of benzene rings is 3. The van der Waals surface area contributed by atoms with Gasteiger partial charge in [0, 0.05) is 30.8 Å². The number of halogens is 3. The standard InChI is InChI=1S/C40H40ClF2N9O3/c1-40(2)27-8-6-23(18-32(27)51-31-5-3-4-28(41)36(31)38(55)45-39(40)51)22-10-14-49(15-11-22)21-33-46-48-52(47-33)24-12-16-50(17-13-24)25-19-29(42)35(30(43)20-25)26-7-9-34(53)44-37(26)54/h3-6,8,18-20,22,24,26H,7,9-17,21H2,1-2H3,(H,44,53,54). The molecule has 0 spiro atoms. The van der Waals surface area contributed by atoms with Crippen LogP contribution in [0.1, 0.15) is 98.6 Å². The van der Waals surface area contributed by atoms with Crippen LogP contribution in [0.5, 0.6) is 0 Å². The van der Waals surface area contributed by atoms with E-state index < -0.39 is 34.8 Å². The predicted molar refractivity (Wildman–Crippen MR) is 202 cm³/mol. The molecular weight excluding hydrogens is 728 g/mol.